The summed E-state index contributed by atoms with van der Waals surface area (Å²) in [5.41, 5.74) is 3.32. The fraction of sp³-hybridized carbons (Fsp3) is 0.222. The van der Waals surface area contributed by atoms with Gasteiger partial charge >= 0.3 is 0 Å². The van der Waals surface area contributed by atoms with E-state index in [4.69, 9.17) is 0 Å². The van der Waals surface area contributed by atoms with Crippen molar-refractivity contribution >= 4 is 23.2 Å². The SMILES string of the molecule is Cc1ccc(N2C(=O)C[C@H](Nc3ccc(O)cc3)C2=O)c(C)c1. The highest BCUT2D eigenvalue weighted by atomic mass is 16.3. The Bertz CT molecular complexity index is 768. The second kappa shape index (κ2) is 5.76. The molecule has 2 N–H and O–H groups in total. The number of nitrogens with zero attached hydrogens (tertiary/aromatic N) is 1. The van der Waals surface area contributed by atoms with Gasteiger partial charge in [-0.3, -0.25) is 9.59 Å². The second-order valence-corrected chi connectivity index (χ2v) is 5.81. The van der Waals surface area contributed by atoms with Crippen LogP contribution in [0.15, 0.2) is 42.5 Å². The number of imide groups is 1. The first kappa shape index (κ1) is 15.1. The van der Waals surface area contributed by atoms with Gasteiger partial charge in [0.15, 0.2) is 0 Å². The maximum atomic E-state index is 12.6. The molecule has 1 saturated heterocycles. The van der Waals surface area contributed by atoms with E-state index in [1.165, 1.54) is 17.0 Å². The standard InChI is InChI=1S/C18H18N2O3/c1-11-3-8-16(12(2)9-11)20-17(22)10-15(18(20)23)19-13-4-6-14(21)7-5-13/h3-9,15,19,21H,10H2,1-2H3/t15-/m0/s1. The molecule has 2 amide bonds. The molecule has 1 aliphatic rings. The summed E-state index contributed by atoms with van der Waals surface area (Å²) in [4.78, 5) is 26.2. The molecule has 1 atom stereocenters. The number of phenols is 1. The van der Waals surface area contributed by atoms with Crippen molar-refractivity contribution < 1.29 is 14.7 Å². The Balaban J connectivity index is 1.83. The maximum absolute atomic E-state index is 12.6. The van der Waals surface area contributed by atoms with E-state index in [1.54, 1.807) is 12.1 Å². The maximum Gasteiger partial charge on any atom is 0.256 e. The van der Waals surface area contributed by atoms with Gasteiger partial charge in [-0.2, -0.15) is 0 Å². The molecule has 2 aromatic carbocycles. The summed E-state index contributed by atoms with van der Waals surface area (Å²) in [6.07, 6.45) is 0.118. The Kier molecular flexibility index (Phi) is 3.78. The van der Waals surface area contributed by atoms with Gasteiger partial charge in [0.25, 0.3) is 5.91 Å². The van der Waals surface area contributed by atoms with Crippen molar-refractivity contribution in [3.8, 4) is 5.75 Å². The van der Waals surface area contributed by atoms with Crippen LogP contribution in [0.5, 0.6) is 5.75 Å². The minimum atomic E-state index is -0.590. The smallest absolute Gasteiger partial charge is 0.256 e. The lowest BCUT2D eigenvalue weighted by molar-refractivity contribution is -0.121. The van der Waals surface area contributed by atoms with Crippen LogP contribution in [0.25, 0.3) is 0 Å². The Hall–Kier alpha value is -2.82. The predicted molar refractivity (Wildman–Crippen MR) is 88.5 cm³/mol. The first-order valence-corrected chi connectivity index (χ1v) is 7.45. The molecule has 0 unspecified atom stereocenters. The molecule has 0 spiro atoms. The van der Waals surface area contributed by atoms with Gasteiger partial charge in [0.05, 0.1) is 12.1 Å². The molecule has 1 fully saturated rings. The first-order valence-electron chi connectivity index (χ1n) is 7.45. The number of carbonyl (C=O) groups excluding carboxylic acids is 2. The molecule has 23 heavy (non-hydrogen) atoms. The van der Waals surface area contributed by atoms with E-state index in [1.807, 2.05) is 32.0 Å². The van der Waals surface area contributed by atoms with Crippen molar-refractivity contribution in [1.82, 2.24) is 0 Å². The number of carbonyl (C=O) groups is 2. The Morgan fingerprint density at radius 2 is 1.78 bits per heavy atom. The van der Waals surface area contributed by atoms with Gasteiger partial charge in [-0.05, 0) is 49.7 Å². The highest BCUT2D eigenvalue weighted by Crippen LogP contribution is 2.28. The number of rotatable bonds is 3. The lowest BCUT2D eigenvalue weighted by Gasteiger charge is -2.18. The molecule has 118 valence electrons. The van der Waals surface area contributed by atoms with Crippen LogP contribution in [0.3, 0.4) is 0 Å². The number of nitrogens with one attached hydrogen (secondary N) is 1. The zero-order valence-corrected chi connectivity index (χ0v) is 13.0. The topological polar surface area (TPSA) is 69.6 Å². The summed E-state index contributed by atoms with van der Waals surface area (Å²) in [6.45, 7) is 3.86. The van der Waals surface area contributed by atoms with E-state index in [-0.39, 0.29) is 24.0 Å². The van der Waals surface area contributed by atoms with Crippen molar-refractivity contribution in [3.05, 3.63) is 53.6 Å². The average molecular weight is 310 g/mol. The van der Waals surface area contributed by atoms with E-state index >= 15 is 0 Å². The number of aromatic hydroxyl groups is 1. The van der Waals surface area contributed by atoms with Gasteiger partial charge in [0.1, 0.15) is 11.8 Å². The fourth-order valence-corrected chi connectivity index (χ4v) is 2.81. The predicted octanol–water partition coefficient (Wildman–Crippen LogP) is 2.75. The highest BCUT2D eigenvalue weighted by Gasteiger charge is 2.40. The number of aryl methyl sites for hydroxylation is 2. The Morgan fingerprint density at radius 1 is 1.09 bits per heavy atom. The van der Waals surface area contributed by atoms with E-state index in [9.17, 15) is 14.7 Å². The molecule has 1 aliphatic heterocycles. The minimum Gasteiger partial charge on any atom is -0.508 e. The van der Waals surface area contributed by atoms with Crippen LogP contribution >= 0.6 is 0 Å². The van der Waals surface area contributed by atoms with E-state index < -0.39 is 6.04 Å². The average Bonchev–Trinajstić information content (AvgIpc) is 2.77. The lowest BCUT2D eigenvalue weighted by Crippen LogP contribution is -2.35. The van der Waals surface area contributed by atoms with Crippen molar-refractivity contribution in [1.29, 1.82) is 0 Å². The number of phenolic OH excluding ortho intramolecular Hbond substituents is 1. The quantitative estimate of drug-likeness (QED) is 0.675. The summed E-state index contributed by atoms with van der Waals surface area (Å²) in [6, 6.07) is 11.5. The molecule has 3 rings (SSSR count). The van der Waals surface area contributed by atoms with Crippen molar-refractivity contribution in [2.24, 2.45) is 0 Å². The summed E-state index contributed by atoms with van der Waals surface area (Å²) in [5, 5.41) is 12.4. The first-order chi connectivity index (χ1) is 11.0. The summed E-state index contributed by atoms with van der Waals surface area (Å²) >= 11 is 0. The molecular formula is C18H18N2O3. The zero-order chi connectivity index (χ0) is 16.6. The fourth-order valence-electron chi connectivity index (χ4n) is 2.81. The van der Waals surface area contributed by atoms with Crippen LogP contribution in [0, 0.1) is 13.8 Å². The number of hydrogen-bond donors (Lipinski definition) is 2. The number of benzene rings is 2. The molecule has 0 aromatic heterocycles. The highest BCUT2D eigenvalue weighted by molar-refractivity contribution is 6.23. The molecule has 1 heterocycles. The van der Waals surface area contributed by atoms with Crippen LogP contribution in [-0.4, -0.2) is 23.0 Å². The minimum absolute atomic E-state index is 0.118. The lowest BCUT2D eigenvalue weighted by atomic mass is 10.1. The van der Waals surface area contributed by atoms with Crippen LogP contribution in [0.4, 0.5) is 11.4 Å². The van der Waals surface area contributed by atoms with Crippen LogP contribution < -0.4 is 10.2 Å². The molecule has 5 heteroatoms. The Morgan fingerprint density at radius 3 is 2.43 bits per heavy atom. The third-order valence-electron chi connectivity index (χ3n) is 3.95. The monoisotopic (exact) mass is 310 g/mol. The summed E-state index contributed by atoms with van der Waals surface area (Å²) in [7, 11) is 0. The van der Waals surface area contributed by atoms with Gasteiger partial charge < -0.3 is 10.4 Å². The molecule has 0 saturated carbocycles. The van der Waals surface area contributed by atoms with E-state index in [2.05, 4.69) is 5.32 Å². The van der Waals surface area contributed by atoms with Crippen LogP contribution in [0.2, 0.25) is 0 Å². The molecule has 0 bridgehead atoms. The molecule has 5 nitrogen and oxygen atoms in total. The van der Waals surface area contributed by atoms with Gasteiger partial charge in [-0.25, -0.2) is 4.90 Å². The van der Waals surface area contributed by atoms with Crippen molar-refractivity contribution in [3.63, 3.8) is 0 Å². The van der Waals surface area contributed by atoms with E-state index in [0.717, 1.165) is 11.1 Å². The third-order valence-corrected chi connectivity index (χ3v) is 3.95. The normalized spacial score (nSPS) is 17.7. The summed E-state index contributed by atoms with van der Waals surface area (Å²) in [5.74, 6) is -0.311. The van der Waals surface area contributed by atoms with Crippen molar-refractivity contribution in [2.75, 3.05) is 10.2 Å². The molecule has 0 radical (unpaired) electrons. The van der Waals surface area contributed by atoms with Gasteiger partial charge in [0.2, 0.25) is 5.91 Å². The summed E-state index contributed by atoms with van der Waals surface area (Å²) < 4.78 is 0. The van der Waals surface area contributed by atoms with Crippen LogP contribution in [-0.2, 0) is 9.59 Å². The Labute approximate surface area is 134 Å². The zero-order valence-electron chi connectivity index (χ0n) is 13.0. The van der Waals surface area contributed by atoms with Crippen molar-refractivity contribution in [2.45, 2.75) is 26.3 Å². The van der Waals surface area contributed by atoms with Gasteiger partial charge in [-0.15, -0.1) is 0 Å². The van der Waals surface area contributed by atoms with Crippen LogP contribution in [0.1, 0.15) is 17.5 Å². The number of amides is 2. The van der Waals surface area contributed by atoms with Gasteiger partial charge in [-0.1, -0.05) is 17.7 Å². The molecular weight excluding hydrogens is 292 g/mol. The third kappa shape index (κ3) is 2.90. The number of anilines is 2. The molecule has 2 aromatic rings. The second-order valence-electron chi connectivity index (χ2n) is 5.81. The van der Waals surface area contributed by atoms with Gasteiger partial charge in [0, 0.05) is 5.69 Å². The largest absolute Gasteiger partial charge is 0.508 e. The molecule has 0 aliphatic carbocycles. The number of hydrogen-bond acceptors (Lipinski definition) is 4. The van der Waals surface area contributed by atoms with E-state index in [0.29, 0.717) is 11.4 Å².